The third-order valence-corrected chi connectivity index (χ3v) is 5.59. The summed E-state index contributed by atoms with van der Waals surface area (Å²) in [6.07, 6.45) is 4.92. The molecular weight excluding hydrogens is 475 g/mol. The molecule has 2 heterocycles. The maximum atomic E-state index is 6.15. The van der Waals surface area contributed by atoms with Crippen LogP contribution in [-0.2, 0) is 13.1 Å². The van der Waals surface area contributed by atoms with Crippen molar-refractivity contribution >= 4 is 29.9 Å². The summed E-state index contributed by atoms with van der Waals surface area (Å²) in [5.74, 6) is 1.42. The second-order valence-corrected chi connectivity index (χ2v) is 7.73. The van der Waals surface area contributed by atoms with Gasteiger partial charge in [0.05, 0.1) is 19.2 Å². The highest BCUT2D eigenvalue weighted by atomic mass is 127. The Morgan fingerprint density at radius 2 is 1.76 bits per heavy atom. The summed E-state index contributed by atoms with van der Waals surface area (Å²) in [7, 11) is 0. The Morgan fingerprint density at radius 1 is 1.03 bits per heavy atom. The highest BCUT2D eigenvalue weighted by Gasteiger charge is 2.21. The fourth-order valence-corrected chi connectivity index (χ4v) is 4.02. The Kier molecular flexibility index (Phi) is 8.18. The van der Waals surface area contributed by atoms with Crippen molar-refractivity contribution in [3.63, 3.8) is 0 Å². The predicted octanol–water partition coefficient (Wildman–Crippen LogP) is 4.22. The molecule has 0 spiro atoms. The summed E-state index contributed by atoms with van der Waals surface area (Å²) < 4.78 is 5.71. The first kappa shape index (κ1) is 21.9. The van der Waals surface area contributed by atoms with Crippen LogP contribution < -0.4 is 15.8 Å². The monoisotopic (exact) mass is 506 g/mol. The van der Waals surface area contributed by atoms with Gasteiger partial charge in [-0.1, -0.05) is 48.9 Å². The highest BCUT2D eigenvalue weighted by molar-refractivity contribution is 14.0. The smallest absolute Gasteiger partial charge is 0.189 e. The van der Waals surface area contributed by atoms with E-state index >= 15 is 0 Å². The molecule has 156 valence electrons. The molecule has 5 nitrogen and oxygen atoms in total. The summed E-state index contributed by atoms with van der Waals surface area (Å²) in [4.78, 5) is 7.08. The molecular formula is C23H31IN4O. The van der Waals surface area contributed by atoms with Crippen molar-refractivity contribution in [1.29, 1.82) is 0 Å². The average Bonchev–Trinajstić information content (AvgIpc) is 2.74. The van der Waals surface area contributed by atoms with E-state index in [1.807, 2.05) is 18.2 Å². The lowest BCUT2D eigenvalue weighted by atomic mass is 10.0. The molecule has 0 amide bonds. The molecule has 29 heavy (non-hydrogen) atoms. The number of hydrogen-bond donors (Lipinski definition) is 2. The molecule has 0 aromatic heterocycles. The van der Waals surface area contributed by atoms with E-state index in [1.165, 1.54) is 43.5 Å². The van der Waals surface area contributed by atoms with E-state index in [-0.39, 0.29) is 30.0 Å². The van der Waals surface area contributed by atoms with E-state index in [9.17, 15) is 0 Å². The molecule has 0 radical (unpaired) electrons. The number of guanidine groups is 1. The predicted molar refractivity (Wildman–Crippen MR) is 129 cm³/mol. The van der Waals surface area contributed by atoms with Crippen molar-refractivity contribution in [2.24, 2.45) is 10.7 Å². The van der Waals surface area contributed by atoms with Crippen molar-refractivity contribution in [2.75, 3.05) is 19.7 Å². The van der Waals surface area contributed by atoms with Crippen LogP contribution in [0.15, 0.2) is 53.5 Å². The number of likely N-dealkylation sites (tertiary alicyclic amines) is 1. The van der Waals surface area contributed by atoms with E-state index in [0.717, 1.165) is 24.3 Å². The molecule has 4 rings (SSSR count). The lowest BCUT2D eigenvalue weighted by molar-refractivity contribution is 0.221. The Morgan fingerprint density at radius 3 is 2.55 bits per heavy atom. The van der Waals surface area contributed by atoms with Gasteiger partial charge >= 0.3 is 0 Å². The fourth-order valence-electron chi connectivity index (χ4n) is 4.02. The molecule has 1 fully saturated rings. The highest BCUT2D eigenvalue weighted by Crippen LogP contribution is 2.31. The van der Waals surface area contributed by atoms with Crippen molar-refractivity contribution in [1.82, 2.24) is 10.2 Å². The Bertz CT molecular complexity index is 803. The minimum atomic E-state index is 0. The largest absolute Gasteiger partial charge is 0.493 e. The van der Waals surface area contributed by atoms with Crippen molar-refractivity contribution in [3.8, 4) is 5.75 Å². The number of nitrogens with one attached hydrogen (secondary N) is 1. The summed E-state index contributed by atoms with van der Waals surface area (Å²) in [6, 6.07) is 17.0. The van der Waals surface area contributed by atoms with Gasteiger partial charge in [-0.3, -0.25) is 4.90 Å². The molecule has 1 saturated heterocycles. The van der Waals surface area contributed by atoms with Crippen LogP contribution in [-0.4, -0.2) is 30.6 Å². The first-order chi connectivity index (χ1) is 13.8. The van der Waals surface area contributed by atoms with E-state index in [1.54, 1.807) is 0 Å². The van der Waals surface area contributed by atoms with E-state index in [0.29, 0.717) is 19.1 Å². The van der Waals surface area contributed by atoms with E-state index in [2.05, 4.69) is 45.5 Å². The topological polar surface area (TPSA) is 62.9 Å². The molecule has 0 aliphatic carbocycles. The van der Waals surface area contributed by atoms with Gasteiger partial charge in [0.15, 0.2) is 5.96 Å². The van der Waals surface area contributed by atoms with Crippen molar-refractivity contribution in [2.45, 2.75) is 44.8 Å². The maximum Gasteiger partial charge on any atom is 0.189 e. The number of nitrogens with two attached hydrogens (primary N) is 1. The van der Waals surface area contributed by atoms with Crippen LogP contribution in [0.2, 0.25) is 0 Å². The maximum absolute atomic E-state index is 6.15. The summed E-state index contributed by atoms with van der Waals surface area (Å²) in [6.45, 7) is 4.79. The molecule has 1 atom stereocenters. The number of nitrogens with zero attached hydrogens (tertiary/aromatic N) is 2. The lowest BCUT2D eigenvalue weighted by Crippen LogP contribution is -2.37. The SMILES string of the molecule is I.NC(=NCc1ccc(CN2CCCCC2)cc1)NC1CCOc2ccccc21. The zero-order valence-corrected chi connectivity index (χ0v) is 19.2. The van der Waals surface area contributed by atoms with E-state index in [4.69, 9.17) is 10.5 Å². The van der Waals surface area contributed by atoms with Gasteiger partial charge in [0.25, 0.3) is 0 Å². The van der Waals surface area contributed by atoms with Crippen LogP contribution >= 0.6 is 24.0 Å². The minimum Gasteiger partial charge on any atom is -0.493 e. The zero-order chi connectivity index (χ0) is 19.2. The zero-order valence-electron chi connectivity index (χ0n) is 16.8. The van der Waals surface area contributed by atoms with Gasteiger partial charge in [-0.25, -0.2) is 4.99 Å². The number of rotatable bonds is 5. The number of benzene rings is 2. The van der Waals surface area contributed by atoms with Crippen LogP contribution in [0.25, 0.3) is 0 Å². The van der Waals surface area contributed by atoms with Gasteiger partial charge in [0, 0.05) is 18.5 Å². The minimum absolute atomic E-state index is 0. The summed E-state index contributed by atoms with van der Waals surface area (Å²) in [5.41, 5.74) is 9.86. The van der Waals surface area contributed by atoms with Crippen LogP contribution in [0.3, 0.4) is 0 Å². The molecule has 0 saturated carbocycles. The molecule has 2 aliphatic heterocycles. The molecule has 2 aliphatic rings. The Balaban J connectivity index is 0.00000240. The van der Waals surface area contributed by atoms with E-state index < -0.39 is 0 Å². The van der Waals surface area contributed by atoms with Crippen LogP contribution in [0.5, 0.6) is 5.75 Å². The molecule has 2 aromatic carbocycles. The normalized spacial score (nSPS) is 19.6. The van der Waals surface area contributed by atoms with Crippen LogP contribution in [0.1, 0.15) is 48.4 Å². The van der Waals surface area contributed by atoms with Crippen LogP contribution in [0, 0.1) is 0 Å². The third kappa shape index (κ3) is 6.09. The number of aliphatic imine (C=N–C) groups is 1. The van der Waals surface area contributed by atoms with Gasteiger partial charge in [0.1, 0.15) is 5.75 Å². The molecule has 2 aromatic rings. The second-order valence-electron chi connectivity index (χ2n) is 7.73. The second kappa shape index (κ2) is 10.8. The first-order valence-corrected chi connectivity index (χ1v) is 10.4. The fraction of sp³-hybridized carbons (Fsp3) is 0.435. The van der Waals surface area contributed by atoms with Gasteiger partial charge < -0.3 is 15.8 Å². The Hall–Kier alpha value is -1.80. The molecule has 3 N–H and O–H groups in total. The quantitative estimate of drug-likeness (QED) is 0.362. The summed E-state index contributed by atoms with van der Waals surface area (Å²) in [5, 5.41) is 3.35. The van der Waals surface area contributed by atoms with Gasteiger partial charge in [-0.15, -0.1) is 24.0 Å². The Labute approximate surface area is 190 Å². The number of para-hydroxylation sites is 1. The molecule has 6 heteroatoms. The number of ether oxygens (including phenoxy) is 1. The third-order valence-electron chi connectivity index (χ3n) is 5.59. The van der Waals surface area contributed by atoms with Crippen LogP contribution in [0.4, 0.5) is 0 Å². The molecule has 0 bridgehead atoms. The molecule has 1 unspecified atom stereocenters. The number of fused-ring (bicyclic) bond motifs is 1. The number of halogens is 1. The first-order valence-electron chi connectivity index (χ1n) is 10.4. The number of hydrogen-bond acceptors (Lipinski definition) is 3. The number of piperidine rings is 1. The summed E-state index contributed by atoms with van der Waals surface area (Å²) >= 11 is 0. The van der Waals surface area contributed by atoms with Crippen molar-refractivity contribution < 1.29 is 4.74 Å². The van der Waals surface area contributed by atoms with Gasteiger partial charge in [0.2, 0.25) is 0 Å². The lowest BCUT2D eigenvalue weighted by Gasteiger charge is -2.27. The standard InChI is InChI=1S/C23H30N4O.HI/c24-23(26-21-12-15-28-22-7-3-2-6-20(21)22)25-16-18-8-10-19(11-9-18)17-27-13-4-1-5-14-27;/h2-3,6-11,21H,1,4-5,12-17H2,(H3,24,25,26);1H. The average molecular weight is 506 g/mol. The van der Waals surface area contributed by atoms with Crippen molar-refractivity contribution in [3.05, 3.63) is 65.2 Å². The van der Waals surface area contributed by atoms with Gasteiger partial charge in [-0.05, 0) is 43.1 Å². The van der Waals surface area contributed by atoms with Gasteiger partial charge in [-0.2, -0.15) is 0 Å².